The number of aliphatic hydroxyl groups excluding tert-OH is 1. The Morgan fingerprint density at radius 2 is 1.40 bits per heavy atom. The van der Waals surface area contributed by atoms with Crippen molar-refractivity contribution in [3.8, 4) is 0 Å². The number of nitrogens with one attached hydrogen (secondary N) is 12. The van der Waals surface area contributed by atoms with Crippen LogP contribution in [0.3, 0.4) is 0 Å². The van der Waals surface area contributed by atoms with Gasteiger partial charge in [0.25, 0.3) is 19.4 Å². The summed E-state index contributed by atoms with van der Waals surface area (Å²) in [6, 6.07) is -3.39. The van der Waals surface area contributed by atoms with Gasteiger partial charge in [0.15, 0.2) is 11.6 Å². The van der Waals surface area contributed by atoms with Gasteiger partial charge < -0.3 is 62.6 Å². The summed E-state index contributed by atoms with van der Waals surface area (Å²) in [5.74, 6) is -14.5. The molecule has 4 aliphatic heterocycles. The lowest BCUT2D eigenvalue weighted by Gasteiger charge is -2.31. The second kappa shape index (κ2) is 30.8. The van der Waals surface area contributed by atoms with Crippen LogP contribution in [0.1, 0.15) is 71.8 Å². The fraction of sp³-hybridized carbons (Fsp3) is 0.536. The number of aliphatic hydroxyl groups is 1. The zero-order chi connectivity index (χ0) is 64.9. The number of rotatable bonds is 19. The maximum absolute atomic E-state index is 14.8. The average molecular weight is 1280 g/mol. The van der Waals surface area contributed by atoms with E-state index in [1.165, 1.54) is 12.1 Å². The number of aromatic nitrogens is 1. The standard InChI is InChI=1S/C56H75N14O17PS/c1-5-28(3)35-23-57-44(75)24-59-51(82)37-21-34-33-19-30(63-43(74)14-16-61-88(87,60-15-13-32-41(72)9-10-42(32)73)62-17-18-69-46(77)11-12-47(69)78)7-8-36(33)67-55(34)89-27-39(64-45(76)25-58-50(35)81)52(83)66-38(22-48(79)80)56(86)70-26-31(71)20-40(70)53(84)68-49(29(4)6-2)54(85)65-37/h7-12,19,28-29,31-32,35,37-40,49,67,71H,5-6,13-18,20-27H2,1-4H3,(H,57,75)(H,58,81)(H,59,82)(H,63,74)(H,64,76)(H,65,85)(H,66,83)(H,68,84)(H,79,80)(H3,60,61,62,87)/t28-,29?,31+,35-,37-,38-,39-,40-,49-,88?/m0/s1. The number of benzene rings is 1. The molecular weight excluding hydrogens is 1200 g/mol. The second-order valence-corrected chi connectivity index (χ2v) is 25.5. The smallest absolute Gasteiger partial charge is 0.305 e. The third kappa shape index (κ3) is 18.0. The van der Waals surface area contributed by atoms with Gasteiger partial charge in [-0.15, -0.1) is 11.8 Å². The van der Waals surface area contributed by atoms with Crippen molar-refractivity contribution in [2.75, 3.05) is 63.4 Å². The molecule has 1 aliphatic carbocycles. The van der Waals surface area contributed by atoms with E-state index in [9.17, 15) is 81.9 Å². The van der Waals surface area contributed by atoms with Gasteiger partial charge in [-0.3, -0.25) is 76.6 Å². The van der Waals surface area contributed by atoms with E-state index in [1.807, 2.05) is 6.92 Å². The molecule has 7 rings (SSSR count). The van der Waals surface area contributed by atoms with Gasteiger partial charge in [0.2, 0.25) is 53.2 Å². The quantitative estimate of drug-likeness (QED) is 0.0381. The molecule has 2 aromatic rings. The molecule has 1 aromatic heterocycles. The fourth-order valence-electron chi connectivity index (χ4n) is 10.6. The normalized spacial score (nSPS) is 25.2. The molecule has 2 bridgehead atoms. The van der Waals surface area contributed by atoms with E-state index in [1.54, 1.807) is 26.8 Å². The number of ketones is 2. The number of aliphatic carboxylic acids is 1. The van der Waals surface area contributed by atoms with E-state index in [0.29, 0.717) is 17.3 Å². The average Bonchev–Trinajstić information content (AvgIpc) is 1.85. The van der Waals surface area contributed by atoms with E-state index < -0.39 is 182 Å². The predicted molar refractivity (Wildman–Crippen MR) is 318 cm³/mol. The van der Waals surface area contributed by atoms with Gasteiger partial charge in [-0.25, -0.2) is 15.3 Å². The highest BCUT2D eigenvalue weighted by molar-refractivity contribution is 7.99. The minimum Gasteiger partial charge on any atom is -0.481 e. The summed E-state index contributed by atoms with van der Waals surface area (Å²) in [6.45, 7) is 4.20. The van der Waals surface area contributed by atoms with E-state index in [4.69, 9.17) is 0 Å². The Morgan fingerprint density at radius 3 is 2.09 bits per heavy atom. The van der Waals surface area contributed by atoms with E-state index in [0.717, 1.165) is 45.9 Å². The van der Waals surface area contributed by atoms with Crippen LogP contribution < -0.4 is 57.8 Å². The number of nitrogens with zero attached hydrogens (tertiary/aromatic N) is 2. The SMILES string of the molecule is CCC(C)[C@@H]1NC(=O)[C@@H]2C[C@@H](O)CN2C(=O)[C@H](CC(=O)O)NC(=O)[C@@H]2CSc3[nH]c4ccc(NC(=O)CCNP(=O)(NCCC5C(=O)C=CC5=O)NCCN5C(=O)C=CC5=O)cc4c3C[C@H](NC1=O)C(=O)NCC(=O)NC[C@@H]([C@@H](C)CC)C(=O)NCC(=O)N2. The highest BCUT2D eigenvalue weighted by atomic mass is 32.2. The van der Waals surface area contributed by atoms with Gasteiger partial charge in [-0.05, 0) is 54.2 Å². The first-order chi connectivity index (χ1) is 42.3. The van der Waals surface area contributed by atoms with Crippen molar-refractivity contribution < 1.29 is 81.9 Å². The van der Waals surface area contributed by atoms with Gasteiger partial charge >= 0.3 is 5.97 Å². The first-order valence-electron chi connectivity index (χ1n) is 29.2. The molecule has 1 saturated heterocycles. The lowest BCUT2D eigenvalue weighted by atomic mass is 9.90. The zero-order valence-corrected chi connectivity index (χ0v) is 51.1. The Labute approximate surface area is 514 Å². The van der Waals surface area contributed by atoms with Gasteiger partial charge in [-0.2, -0.15) is 0 Å². The number of allylic oxidation sites excluding steroid dienone is 2. The minimum absolute atomic E-state index is 0.0174. The zero-order valence-electron chi connectivity index (χ0n) is 49.4. The predicted octanol–water partition coefficient (Wildman–Crippen LogP) is -2.89. The van der Waals surface area contributed by atoms with Crippen molar-refractivity contribution in [2.24, 2.45) is 23.7 Å². The third-order valence-electron chi connectivity index (χ3n) is 16.0. The number of hydrogen-bond acceptors (Lipinski definition) is 17. The van der Waals surface area contributed by atoms with Crippen LogP contribution in [0.2, 0.25) is 0 Å². The van der Waals surface area contributed by atoms with Gasteiger partial charge in [0.05, 0.1) is 42.5 Å². The molecule has 0 saturated carbocycles. The number of H-pyrrole nitrogens is 1. The number of thioether (sulfide) groups is 1. The van der Waals surface area contributed by atoms with Crippen LogP contribution >= 0.6 is 19.4 Å². The highest BCUT2D eigenvalue weighted by Gasteiger charge is 2.45. The number of anilines is 1. The van der Waals surface area contributed by atoms with Crippen LogP contribution in [0.4, 0.5) is 5.69 Å². The monoisotopic (exact) mass is 1280 g/mol. The molecule has 482 valence electrons. The summed E-state index contributed by atoms with van der Waals surface area (Å²) in [7, 11) is -3.88. The largest absolute Gasteiger partial charge is 0.481 e. The fourth-order valence-corrected chi connectivity index (χ4v) is 13.3. The van der Waals surface area contributed by atoms with Crippen LogP contribution in [0, 0.1) is 23.7 Å². The topological polar surface area (TPSA) is 451 Å². The molecule has 0 radical (unpaired) electrons. The number of amides is 11. The van der Waals surface area contributed by atoms with Crippen molar-refractivity contribution in [3.05, 3.63) is 48.1 Å². The molecule has 14 N–H and O–H groups in total. The maximum Gasteiger partial charge on any atom is 0.305 e. The Bertz CT molecular complexity index is 3180. The van der Waals surface area contributed by atoms with E-state index in [2.05, 4.69) is 62.8 Å². The van der Waals surface area contributed by atoms with Gasteiger partial charge in [-0.1, -0.05) is 40.5 Å². The molecule has 89 heavy (non-hydrogen) atoms. The van der Waals surface area contributed by atoms with Crippen molar-refractivity contribution in [3.63, 3.8) is 0 Å². The number of hydrogen-bond donors (Lipinski definition) is 14. The van der Waals surface area contributed by atoms with E-state index in [-0.39, 0.29) is 80.6 Å². The molecule has 1 fully saturated rings. The summed E-state index contributed by atoms with van der Waals surface area (Å²) in [6.07, 6.45) is 1.83. The van der Waals surface area contributed by atoms with Crippen molar-refractivity contribution in [2.45, 2.75) is 114 Å². The minimum atomic E-state index is -3.88. The summed E-state index contributed by atoms with van der Waals surface area (Å²) in [4.78, 5) is 194. The number of fused-ring (bicyclic) bond motifs is 5. The number of aromatic amines is 1. The Kier molecular flexibility index (Phi) is 23.7. The molecule has 10 atom stereocenters. The lowest BCUT2D eigenvalue weighted by Crippen LogP contribution is -2.60. The number of carbonyl (C=O) groups is 14. The second-order valence-electron chi connectivity index (χ2n) is 22.3. The van der Waals surface area contributed by atoms with E-state index >= 15 is 0 Å². The molecule has 11 amide bonds. The van der Waals surface area contributed by atoms with Crippen LogP contribution in [0.5, 0.6) is 0 Å². The van der Waals surface area contributed by atoms with Crippen LogP contribution in [-0.2, 0) is 78.1 Å². The third-order valence-corrected chi connectivity index (χ3v) is 19.2. The molecule has 0 spiro atoms. The number of carboxylic acids is 1. The van der Waals surface area contributed by atoms with Crippen LogP contribution in [0.15, 0.2) is 47.5 Å². The number of carbonyl (C=O) groups excluding carboxylic acids is 13. The molecular formula is C56H75N14O17PS. The molecule has 33 heteroatoms. The van der Waals surface area contributed by atoms with Crippen LogP contribution in [-0.4, -0.2) is 202 Å². The molecule has 1 aromatic carbocycles. The van der Waals surface area contributed by atoms with Crippen molar-refractivity contribution in [1.82, 2.24) is 67.3 Å². The summed E-state index contributed by atoms with van der Waals surface area (Å²) >= 11 is 0.910. The summed E-state index contributed by atoms with van der Waals surface area (Å²) in [5.41, 5.74) is 0.810. The molecule has 2 unspecified atom stereocenters. The summed E-state index contributed by atoms with van der Waals surface area (Å²) in [5, 5.41) is 50.7. The molecule has 5 aliphatic rings. The number of imide groups is 1. The molecule has 31 nitrogen and oxygen atoms in total. The van der Waals surface area contributed by atoms with Crippen LogP contribution in [0.25, 0.3) is 10.9 Å². The summed E-state index contributed by atoms with van der Waals surface area (Å²) < 4.78 is 14.2. The van der Waals surface area contributed by atoms with Crippen molar-refractivity contribution >= 4 is 118 Å². The van der Waals surface area contributed by atoms with Gasteiger partial charge in [0.1, 0.15) is 30.2 Å². The Balaban J connectivity index is 1.24. The van der Waals surface area contributed by atoms with Gasteiger partial charge in [0, 0.05) is 93.0 Å². The van der Waals surface area contributed by atoms with Crippen molar-refractivity contribution in [1.29, 1.82) is 0 Å². The lowest BCUT2D eigenvalue weighted by molar-refractivity contribution is -0.146. The Morgan fingerprint density at radius 1 is 0.742 bits per heavy atom. The highest BCUT2D eigenvalue weighted by Crippen LogP contribution is 2.35. The first kappa shape index (κ1) is 68.3. The first-order valence-corrected chi connectivity index (χ1v) is 31.9. The Hall–Kier alpha value is -8.16. The molecule has 5 heterocycles. The maximum atomic E-state index is 14.8. The number of carboxylic acid groups (broad SMARTS) is 1.